The molecule has 0 aliphatic carbocycles. The van der Waals surface area contributed by atoms with Crippen molar-refractivity contribution in [1.82, 2.24) is 4.44 Å². The number of aliphatic carboxylic acids is 1. The molecule has 1 rings (SSSR count). The summed E-state index contributed by atoms with van der Waals surface area (Å²) in [6.07, 6.45) is 0. The molecule has 0 heterocycles. The van der Waals surface area contributed by atoms with Crippen molar-refractivity contribution in [3.8, 4) is 5.75 Å². The average molecular weight is 901 g/mol. The summed E-state index contributed by atoms with van der Waals surface area (Å²) in [5.41, 5.74) is -4.11. The van der Waals surface area contributed by atoms with E-state index in [0.29, 0.717) is 0 Å². The maximum absolute atomic E-state index is 13.3. The molecular weight excluding hydrogens is 881 g/mol. The van der Waals surface area contributed by atoms with Gasteiger partial charge in [-0.05, 0) is 0 Å². The van der Waals surface area contributed by atoms with E-state index in [9.17, 15) is 144 Å². The van der Waals surface area contributed by atoms with Crippen molar-refractivity contribution < 1.29 is 144 Å². The Labute approximate surface area is 266 Å². The van der Waals surface area contributed by atoms with Gasteiger partial charge < -0.3 is 98.3 Å². The first-order valence-corrected chi connectivity index (χ1v) is 24.8. The first kappa shape index (κ1) is 46.8. The third-order valence-electron chi connectivity index (χ3n) is 5.72. The van der Waals surface area contributed by atoms with E-state index in [1.807, 2.05) is 0 Å². The highest BCUT2D eigenvalue weighted by molar-refractivity contribution is 7.76. The van der Waals surface area contributed by atoms with E-state index >= 15 is 0 Å². The Hall–Kier alpha value is -0.200. The SMILES string of the molecule is O=C(O)[C@@](N(P(=O)(O)O)P(=O)(O)O)(C(c1c(P(=O)(O)O)c(P(=O)(O)O)c(O)c(P(=O)(O)O)c1P(=O)(O)O)(P(=O)(O)O)P(=O)(O)O)P(=O)(O)O. The lowest BCUT2D eigenvalue weighted by atomic mass is 10.0. The predicted molar refractivity (Wildman–Crippen MR) is 149 cm³/mol. The van der Waals surface area contributed by atoms with Crippen molar-refractivity contribution in [3.05, 3.63) is 5.56 Å². The number of hydrogen-bond donors (Lipinski definition) is 20. The van der Waals surface area contributed by atoms with E-state index in [4.69, 9.17) is 0 Å². The number of phenolic OH excluding ortho intramolecular Hbond substituents is 1. The standard InChI is InChI=1S/C9H20NO30P9/c11-2-5(43(20,21)22)3(41(14,15)16)1(4(42(17,18)19)6(2)44(23,24)25)9(46(29,30)31,47(32,33)34)8(7(12)13,45(26,27)28)10(48(35,36)37)49(38,39)40/h11H,(H,12,13)(H2,14,15,16)(H2,17,18,19)(H2,20,21,22)(H2,23,24,25)(H2,26,27,28)(H2,29,30,31)(H2,32,33,34)(H2,35,36,37)(H2,38,39,40)/t8-/m0/s1. The molecule has 0 aliphatic heterocycles. The van der Waals surface area contributed by atoms with E-state index in [1.165, 1.54) is 0 Å². The summed E-state index contributed by atoms with van der Waals surface area (Å²) in [5.74, 6) is -7.60. The highest BCUT2D eigenvalue weighted by Gasteiger charge is 2.90. The number of benzene rings is 1. The molecule has 1 atom stereocenters. The highest BCUT2D eigenvalue weighted by Crippen LogP contribution is 2.88. The molecule has 1 aromatic carbocycles. The molecule has 0 aromatic heterocycles. The van der Waals surface area contributed by atoms with Gasteiger partial charge >= 0.3 is 74.6 Å². The normalized spacial score (nSPS) is 16.5. The maximum atomic E-state index is 13.3. The van der Waals surface area contributed by atoms with Crippen molar-refractivity contribution >= 4 is 95.9 Å². The molecule has 1 aromatic rings. The number of carbonyl (C=O) groups is 1. The maximum Gasteiger partial charge on any atom is 0.414 e. The van der Waals surface area contributed by atoms with E-state index < -0.39 is 122 Å². The van der Waals surface area contributed by atoms with Gasteiger partial charge in [0.2, 0.25) is 4.90 Å². The smallest absolute Gasteiger partial charge is 0.414 e. The fraction of sp³-hybridized carbons (Fsp3) is 0.222. The summed E-state index contributed by atoms with van der Waals surface area (Å²) in [6.45, 7) is 0. The Morgan fingerprint density at radius 3 is 0.837 bits per heavy atom. The zero-order valence-electron chi connectivity index (χ0n) is 22.0. The third-order valence-corrected chi connectivity index (χ3v) is 19.7. The van der Waals surface area contributed by atoms with Crippen LogP contribution in [-0.4, -0.2) is 114 Å². The van der Waals surface area contributed by atoms with Crippen molar-refractivity contribution in [1.29, 1.82) is 0 Å². The molecule has 0 amide bonds. The van der Waals surface area contributed by atoms with Crippen LogP contribution >= 0.6 is 68.7 Å². The van der Waals surface area contributed by atoms with Crippen LogP contribution in [0.15, 0.2) is 0 Å². The van der Waals surface area contributed by atoms with Gasteiger partial charge in [0.15, 0.2) is 0 Å². The Bertz CT molecular complexity index is 1900. The molecule has 0 bridgehead atoms. The van der Waals surface area contributed by atoms with Gasteiger partial charge in [-0.15, -0.1) is 0 Å². The van der Waals surface area contributed by atoms with E-state index in [1.54, 1.807) is 0 Å². The Balaban J connectivity index is 6.13. The first-order chi connectivity index (χ1) is 20.8. The number of carboxylic acids is 1. The number of rotatable bonds is 13. The molecule has 20 N–H and O–H groups in total. The van der Waals surface area contributed by atoms with E-state index in [-0.39, 0.29) is 0 Å². The lowest BCUT2D eigenvalue weighted by Crippen LogP contribution is -2.67. The lowest BCUT2D eigenvalue weighted by molar-refractivity contribution is -0.145. The van der Waals surface area contributed by atoms with Gasteiger partial charge in [-0.1, -0.05) is 4.44 Å². The summed E-state index contributed by atoms with van der Waals surface area (Å²) < 4.78 is 112. The molecular formula is C9H20NO30P9. The fourth-order valence-corrected chi connectivity index (χ4v) is 20.4. The zero-order valence-corrected chi connectivity index (χ0v) is 30.0. The lowest BCUT2D eigenvalue weighted by Gasteiger charge is -2.51. The van der Waals surface area contributed by atoms with Gasteiger partial charge in [0.1, 0.15) is 16.4 Å². The molecule has 0 saturated carbocycles. The number of hydrogen-bond acceptors (Lipinski definition) is 11. The molecule has 0 radical (unpaired) electrons. The minimum absolute atomic E-state index is 2.93. The van der Waals surface area contributed by atoms with Crippen LogP contribution < -0.4 is 21.2 Å². The average Bonchev–Trinajstić information content (AvgIpc) is 2.70. The first-order valence-electron chi connectivity index (χ1n) is 10.3. The van der Waals surface area contributed by atoms with Gasteiger partial charge in [-0.25, -0.2) is 13.9 Å². The monoisotopic (exact) mass is 901 g/mol. The molecule has 0 saturated heterocycles. The summed E-state index contributed by atoms with van der Waals surface area (Å²) in [6, 6.07) is 0. The largest absolute Gasteiger partial charge is 0.506 e. The molecule has 40 heteroatoms. The Kier molecular flexibility index (Phi) is 12.4. The second-order valence-electron chi connectivity index (χ2n) is 8.89. The van der Waals surface area contributed by atoms with E-state index in [2.05, 4.69) is 0 Å². The number of phenols is 1. The molecule has 49 heavy (non-hydrogen) atoms. The van der Waals surface area contributed by atoms with Crippen molar-refractivity contribution in [2.24, 2.45) is 0 Å². The zero-order chi connectivity index (χ0) is 40.1. The third kappa shape index (κ3) is 7.74. The van der Waals surface area contributed by atoms with Crippen LogP contribution in [0.2, 0.25) is 0 Å². The number of nitrogens with zero attached hydrogens (tertiary/aromatic N) is 1. The van der Waals surface area contributed by atoms with Crippen molar-refractivity contribution in [2.75, 3.05) is 0 Å². The van der Waals surface area contributed by atoms with Crippen LogP contribution in [0.4, 0.5) is 0 Å². The quantitative estimate of drug-likeness (QED) is 0.0819. The number of carboxylic acid groups (broad SMARTS) is 1. The van der Waals surface area contributed by atoms with Gasteiger partial charge in [0.25, 0.3) is 5.28 Å². The molecule has 0 fully saturated rings. The van der Waals surface area contributed by atoms with Crippen molar-refractivity contribution in [2.45, 2.75) is 10.2 Å². The van der Waals surface area contributed by atoms with Crippen LogP contribution in [-0.2, 0) is 50.8 Å². The van der Waals surface area contributed by atoms with Crippen LogP contribution in [0.1, 0.15) is 5.56 Å². The van der Waals surface area contributed by atoms with Crippen LogP contribution in [0.5, 0.6) is 5.75 Å². The summed E-state index contributed by atoms with van der Waals surface area (Å²) in [5, 5.41) is -0.665. The molecule has 0 aliphatic rings. The molecule has 31 nitrogen and oxygen atoms in total. The predicted octanol–water partition coefficient (Wildman–Crippen LogP) is -6.44. The van der Waals surface area contributed by atoms with Crippen LogP contribution in [0.25, 0.3) is 0 Å². The minimum Gasteiger partial charge on any atom is -0.506 e. The second kappa shape index (κ2) is 13.0. The van der Waals surface area contributed by atoms with Gasteiger partial charge in [0, 0.05) is 5.56 Å². The molecule has 0 unspecified atom stereocenters. The summed E-state index contributed by atoms with van der Waals surface area (Å²) in [4.78, 5) is 186. The van der Waals surface area contributed by atoms with Crippen molar-refractivity contribution in [3.63, 3.8) is 0 Å². The Morgan fingerprint density at radius 2 is 0.694 bits per heavy atom. The minimum atomic E-state index is -8.71. The fourth-order valence-electron chi connectivity index (χ4n) is 4.52. The summed E-state index contributed by atoms with van der Waals surface area (Å²) >= 11 is 0. The van der Waals surface area contributed by atoms with Gasteiger partial charge in [0.05, 0.1) is 10.6 Å². The summed E-state index contributed by atoms with van der Waals surface area (Å²) in [7, 11) is -71.8. The van der Waals surface area contributed by atoms with Crippen LogP contribution in [0.3, 0.4) is 0 Å². The topological polar surface area (TPSA) is 579 Å². The molecule has 286 valence electrons. The van der Waals surface area contributed by atoms with Crippen LogP contribution in [0, 0.1) is 0 Å². The second-order valence-corrected chi connectivity index (χ2v) is 23.8. The van der Waals surface area contributed by atoms with Gasteiger partial charge in [-0.2, -0.15) is 0 Å². The molecule has 0 spiro atoms. The van der Waals surface area contributed by atoms with Gasteiger partial charge in [-0.3, -0.25) is 32.0 Å². The number of aromatic hydroxyl groups is 1. The highest BCUT2D eigenvalue weighted by atomic mass is 31.3. The Morgan fingerprint density at radius 1 is 0.449 bits per heavy atom. The van der Waals surface area contributed by atoms with E-state index in [0.717, 1.165) is 0 Å².